The first-order valence-electron chi connectivity index (χ1n) is 6.20. The van der Waals surface area contributed by atoms with E-state index in [1.54, 1.807) is 30.8 Å². The van der Waals surface area contributed by atoms with Crippen LogP contribution >= 0.6 is 0 Å². The van der Waals surface area contributed by atoms with Crippen molar-refractivity contribution in [2.24, 2.45) is 0 Å². The van der Waals surface area contributed by atoms with Gasteiger partial charge in [-0.15, -0.1) is 10.2 Å². The van der Waals surface area contributed by atoms with Crippen LogP contribution in [0.15, 0.2) is 47.3 Å². The third-order valence-corrected chi connectivity index (χ3v) is 2.63. The molecular formula is C14H12N4O2. The Balaban J connectivity index is 2.07. The molecule has 0 fully saturated rings. The molecule has 0 saturated carbocycles. The molecule has 0 radical (unpaired) electrons. The minimum absolute atomic E-state index is 0.399. The lowest BCUT2D eigenvalue weighted by molar-refractivity contribution is 0.326. The first kappa shape index (κ1) is 12.3. The van der Waals surface area contributed by atoms with Crippen molar-refractivity contribution in [3.63, 3.8) is 0 Å². The van der Waals surface area contributed by atoms with E-state index >= 15 is 0 Å². The Bertz CT molecular complexity index is 684. The summed E-state index contributed by atoms with van der Waals surface area (Å²) in [5.74, 6) is 1.39. The lowest BCUT2D eigenvalue weighted by atomic mass is 10.2. The van der Waals surface area contributed by atoms with Crippen LogP contribution in [0.5, 0.6) is 5.88 Å². The largest absolute Gasteiger partial charge is 0.476 e. The molecule has 0 saturated heterocycles. The van der Waals surface area contributed by atoms with Crippen molar-refractivity contribution >= 4 is 0 Å². The highest BCUT2D eigenvalue weighted by Crippen LogP contribution is 2.27. The van der Waals surface area contributed by atoms with E-state index in [2.05, 4.69) is 20.2 Å². The minimum Gasteiger partial charge on any atom is -0.476 e. The molecule has 6 heteroatoms. The molecule has 20 heavy (non-hydrogen) atoms. The number of hydrogen-bond acceptors (Lipinski definition) is 6. The maximum absolute atomic E-state index is 5.55. The van der Waals surface area contributed by atoms with E-state index in [-0.39, 0.29) is 0 Å². The molecule has 3 aromatic heterocycles. The monoisotopic (exact) mass is 268 g/mol. The number of aromatic nitrogens is 4. The second-order valence-electron chi connectivity index (χ2n) is 3.94. The zero-order chi connectivity index (χ0) is 13.8. The van der Waals surface area contributed by atoms with Gasteiger partial charge in [-0.1, -0.05) is 0 Å². The van der Waals surface area contributed by atoms with E-state index in [9.17, 15) is 0 Å². The highest BCUT2D eigenvalue weighted by Gasteiger charge is 2.14. The van der Waals surface area contributed by atoms with Crippen LogP contribution in [-0.2, 0) is 0 Å². The van der Waals surface area contributed by atoms with Crippen molar-refractivity contribution < 1.29 is 9.15 Å². The third kappa shape index (κ3) is 2.35. The molecule has 3 rings (SSSR count). The number of furan rings is 1. The molecule has 0 aliphatic rings. The molecule has 0 unspecified atom stereocenters. The van der Waals surface area contributed by atoms with Crippen LogP contribution in [0.2, 0.25) is 0 Å². The molecule has 6 nitrogen and oxygen atoms in total. The zero-order valence-electron chi connectivity index (χ0n) is 10.9. The van der Waals surface area contributed by atoms with Gasteiger partial charge in [-0.05, 0) is 31.2 Å². The van der Waals surface area contributed by atoms with Gasteiger partial charge in [-0.2, -0.15) is 4.98 Å². The van der Waals surface area contributed by atoms with Crippen LogP contribution in [0.4, 0.5) is 0 Å². The summed E-state index contributed by atoms with van der Waals surface area (Å²) < 4.78 is 10.8. The molecule has 0 aliphatic heterocycles. The Kier molecular flexibility index (Phi) is 3.36. The van der Waals surface area contributed by atoms with Gasteiger partial charge in [0.05, 0.1) is 12.9 Å². The van der Waals surface area contributed by atoms with Gasteiger partial charge in [0.25, 0.3) is 0 Å². The Morgan fingerprint density at radius 1 is 1.15 bits per heavy atom. The summed E-state index contributed by atoms with van der Waals surface area (Å²) in [5, 5.41) is 8.28. The van der Waals surface area contributed by atoms with Crippen molar-refractivity contribution in [2.75, 3.05) is 6.61 Å². The van der Waals surface area contributed by atoms with Crippen molar-refractivity contribution in [3.05, 3.63) is 42.9 Å². The second kappa shape index (κ2) is 5.48. The summed E-state index contributed by atoms with van der Waals surface area (Å²) in [6.07, 6.45) is 4.94. The first-order valence-corrected chi connectivity index (χ1v) is 6.20. The average molecular weight is 268 g/mol. The van der Waals surface area contributed by atoms with Gasteiger partial charge in [0.2, 0.25) is 11.7 Å². The average Bonchev–Trinajstić information content (AvgIpc) is 3.03. The fourth-order valence-corrected chi connectivity index (χ4v) is 1.75. The molecule has 0 N–H and O–H groups in total. The Hall–Kier alpha value is -2.76. The highest BCUT2D eigenvalue weighted by molar-refractivity contribution is 5.64. The normalized spacial score (nSPS) is 10.4. The van der Waals surface area contributed by atoms with E-state index < -0.39 is 0 Å². The smallest absolute Gasteiger partial charge is 0.244 e. The van der Waals surface area contributed by atoms with Gasteiger partial charge in [0, 0.05) is 18.0 Å². The SMILES string of the molecule is CCOc1nc(-c2ccco2)nnc1-c1ccncc1. The molecule has 0 spiro atoms. The topological polar surface area (TPSA) is 73.9 Å². The van der Waals surface area contributed by atoms with E-state index in [1.165, 1.54) is 0 Å². The lowest BCUT2D eigenvalue weighted by Crippen LogP contribution is -2.03. The molecule has 100 valence electrons. The highest BCUT2D eigenvalue weighted by atomic mass is 16.5. The third-order valence-electron chi connectivity index (χ3n) is 2.63. The summed E-state index contributed by atoms with van der Waals surface area (Å²) >= 11 is 0. The van der Waals surface area contributed by atoms with Gasteiger partial charge < -0.3 is 9.15 Å². The van der Waals surface area contributed by atoms with E-state index in [0.717, 1.165) is 5.56 Å². The molecular weight excluding hydrogens is 256 g/mol. The summed E-state index contributed by atoms with van der Waals surface area (Å²) in [7, 11) is 0. The van der Waals surface area contributed by atoms with Crippen LogP contribution in [-0.4, -0.2) is 26.8 Å². The molecule has 0 amide bonds. The Morgan fingerprint density at radius 3 is 2.70 bits per heavy atom. The number of ether oxygens (including phenoxy) is 1. The van der Waals surface area contributed by atoms with Gasteiger partial charge in [0.1, 0.15) is 0 Å². The summed E-state index contributed by atoms with van der Waals surface area (Å²) in [5.41, 5.74) is 1.44. The van der Waals surface area contributed by atoms with Crippen molar-refractivity contribution in [3.8, 4) is 28.7 Å². The van der Waals surface area contributed by atoms with Crippen LogP contribution in [0.25, 0.3) is 22.8 Å². The quantitative estimate of drug-likeness (QED) is 0.724. The predicted octanol–water partition coefficient (Wildman–Crippen LogP) is 2.59. The van der Waals surface area contributed by atoms with Gasteiger partial charge in [-0.3, -0.25) is 4.98 Å². The number of rotatable bonds is 4. The fraction of sp³-hybridized carbons (Fsp3) is 0.143. The van der Waals surface area contributed by atoms with E-state index in [0.29, 0.717) is 29.8 Å². The van der Waals surface area contributed by atoms with Crippen LogP contribution in [0.3, 0.4) is 0 Å². The van der Waals surface area contributed by atoms with Crippen LogP contribution in [0, 0.1) is 0 Å². The van der Waals surface area contributed by atoms with Crippen LogP contribution < -0.4 is 4.74 Å². The van der Waals surface area contributed by atoms with Gasteiger partial charge >= 0.3 is 0 Å². The number of hydrogen-bond donors (Lipinski definition) is 0. The standard InChI is InChI=1S/C14H12N4O2/c1-2-19-14-12(10-5-7-15-8-6-10)17-18-13(16-14)11-4-3-9-20-11/h3-9H,2H2,1H3. The Labute approximate surface area is 115 Å². The maximum atomic E-state index is 5.55. The first-order chi connectivity index (χ1) is 9.88. The molecule has 3 heterocycles. The van der Waals surface area contributed by atoms with Crippen molar-refractivity contribution in [2.45, 2.75) is 6.92 Å². The van der Waals surface area contributed by atoms with Crippen molar-refractivity contribution in [1.82, 2.24) is 20.2 Å². The molecule has 0 aliphatic carbocycles. The summed E-state index contributed by atoms with van der Waals surface area (Å²) in [4.78, 5) is 8.35. The molecule has 0 aromatic carbocycles. The summed E-state index contributed by atoms with van der Waals surface area (Å²) in [6, 6.07) is 7.22. The van der Waals surface area contributed by atoms with E-state index in [1.807, 2.05) is 19.1 Å². The number of pyridine rings is 1. The zero-order valence-corrected chi connectivity index (χ0v) is 10.9. The fourth-order valence-electron chi connectivity index (χ4n) is 1.75. The second-order valence-corrected chi connectivity index (χ2v) is 3.94. The molecule has 0 bridgehead atoms. The van der Waals surface area contributed by atoms with Crippen molar-refractivity contribution in [1.29, 1.82) is 0 Å². The molecule has 0 atom stereocenters. The predicted molar refractivity (Wildman–Crippen MR) is 71.9 cm³/mol. The molecule has 3 aromatic rings. The Morgan fingerprint density at radius 2 is 2.00 bits per heavy atom. The van der Waals surface area contributed by atoms with E-state index in [4.69, 9.17) is 9.15 Å². The number of nitrogens with zero attached hydrogens (tertiary/aromatic N) is 4. The summed E-state index contributed by atoms with van der Waals surface area (Å²) in [6.45, 7) is 2.39. The van der Waals surface area contributed by atoms with Crippen LogP contribution in [0.1, 0.15) is 6.92 Å². The lowest BCUT2D eigenvalue weighted by Gasteiger charge is -2.08. The van der Waals surface area contributed by atoms with Gasteiger partial charge in [-0.25, -0.2) is 0 Å². The maximum Gasteiger partial charge on any atom is 0.244 e. The minimum atomic E-state index is 0.399. The van der Waals surface area contributed by atoms with Gasteiger partial charge in [0.15, 0.2) is 11.5 Å².